The van der Waals surface area contributed by atoms with Crippen LogP contribution < -0.4 is 0 Å². The lowest BCUT2D eigenvalue weighted by Crippen LogP contribution is -1.92. The molecule has 0 aromatic heterocycles. The molecule has 0 spiro atoms. The van der Waals surface area contributed by atoms with Gasteiger partial charge in [0.15, 0.2) is 0 Å². The quantitative estimate of drug-likeness (QED) is 0.793. The normalized spacial score (nSPS) is 8.13. The molecule has 1 N–H and O–H groups in total. The summed E-state index contributed by atoms with van der Waals surface area (Å²) in [6.45, 7) is 10.3. The van der Waals surface area contributed by atoms with Gasteiger partial charge in [0.25, 0.3) is 0 Å². The molecule has 0 saturated heterocycles. The Kier molecular flexibility index (Phi) is 14.6. The summed E-state index contributed by atoms with van der Waals surface area (Å²) in [5.41, 5.74) is 2.34. The van der Waals surface area contributed by atoms with Crippen LogP contribution in [0, 0.1) is 0 Å². The highest BCUT2D eigenvalue weighted by Crippen LogP contribution is 2.10. The molecule has 0 amide bonds. The second-order valence-corrected chi connectivity index (χ2v) is 2.68. The monoisotopic (exact) mass is 210 g/mol. The zero-order valence-corrected chi connectivity index (χ0v) is 10.9. The minimum absolute atomic E-state index is 0.163. The lowest BCUT2D eigenvalue weighted by atomic mass is 10.0. The first-order valence-corrected chi connectivity index (χ1v) is 6.06. The molecule has 0 saturated carbocycles. The number of aliphatic hydroxyl groups excluding tert-OH is 1. The Morgan fingerprint density at radius 3 is 1.80 bits per heavy atom. The van der Waals surface area contributed by atoms with Crippen LogP contribution in [0.2, 0.25) is 0 Å². The molecule has 15 heavy (non-hydrogen) atoms. The van der Waals surface area contributed by atoms with E-state index in [0.29, 0.717) is 0 Å². The van der Waals surface area contributed by atoms with Crippen molar-refractivity contribution in [2.45, 2.75) is 54.1 Å². The maximum absolute atomic E-state index is 8.95. The molecule has 0 unspecified atom stereocenters. The van der Waals surface area contributed by atoms with Gasteiger partial charge in [-0.25, -0.2) is 0 Å². The van der Waals surface area contributed by atoms with Gasteiger partial charge in [0.2, 0.25) is 0 Å². The minimum Gasteiger partial charge on any atom is -0.392 e. The van der Waals surface area contributed by atoms with Gasteiger partial charge in [0.05, 0.1) is 6.61 Å². The highest BCUT2D eigenvalue weighted by Gasteiger charge is 1.97. The Morgan fingerprint density at radius 2 is 1.40 bits per heavy atom. The van der Waals surface area contributed by atoms with E-state index in [1.165, 1.54) is 5.56 Å². The molecule has 0 heterocycles. The molecule has 1 nitrogen and oxygen atoms in total. The summed E-state index contributed by atoms with van der Waals surface area (Å²) in [7, 11) is 0. The third kappa shape index (κ3) is 7.15. The molecule has 1 aromatic rings. The fraction of sp³-hybridized carbons (Fsp3) is 0.571. The van der Waals surface area contributed by atoms with Gasteiger partial charge in [-0.05, 0) is 17.5 Å². The molecular formula is C14H26O. The summed E-state index contributed by atoms with van der Waals surface area (Å²) in [6, 6.07) is 8.04. The zero-order valence-electron chi connectivity index (χ0n) is 10.9. The summed E-state index contributed by atoms with van der Waals surface area (Å²) in [5, 5.41) is 8.95. The topological polar surface area (TPSA) is 20.2 Å². The molecule has 0 atom stereocenters. The van der Waals surface area contributed by atoms with E-state index in [4.69, 9.17) is 5.11 Å². The average molecular weight is 210 g/mol. The molecule has 0 aliphatic heterocycles. The fourth-order valence-electron chi connectivity index (χ4n) is 1.22. The van der Waals surface area contributed by atoms with Crippen molar-refractivity contribution in [3.8, 4) is 0 Å². The molecule has 1 rings (SSSR count). The largest absolute Gasteiger partial charge is 0.392 e. The van der Waals surface area contributed by atoms with Gasteiger partial charge in [-0.15, -0.1) is 0 Å². The number of benzene rings is 1. The van der Waals surface area contributed by atoms with Crippen LogP contribution in [0.5, 0.6) is 0 Å². The van der Waals surface area contributed by atoms with Crippen LogP contribution in [-0.4, -0.2) is 5.11 Å². The average Bonchev–Trinajstić information content (AvgIpc) is 2.35. The van der Waals surface area contributed by atoms with E-state index in [-0.39, 0.29) is 6.61 Å². The molecule has 0 aliphatic carbocycles. The highest BCUT2D eigenvalue weighted by atomic mass is 16.3. The third-order valence-electron chi connectivity index (χ3n) is 1.81. The van der Waals surface area contributed by atoms with Gasteiger partial charge in [-0.3, -0.25) is 0 Å². The van der Waals surface area contributed by atoms with Gasteiger partial charge >= 0.3 is 0 Å². The van der Waals surface area contributed by atoms with Gasteiger partial charge in [0.1, 0.15) is 0 Å². The fourth-order valence-corrected chi connectivity index (χ4v) is 1.22. The van der Waals surface area contributed by atoms with Crippen molar-refractivity contribution in [3.63, 3.8) is 0 Å². The van der Waals surface area contributed by atoms with Crippen molar-refractivity contribution < 1.29 is 5.11 Å². The van der Waals surface area contributed by atoms with Crippen LogP contribution in [0.4, 0.5) is 0 Å². The van der Waals surface area contributed by atoms with Gasteiger partial charge in [0, 0.05) is 0 Å². The lowest BCUT2D eigenvalue weighted by molar-refractivity contribution is 0.280. The number of hydrogen-bond donors (Lipinski definition) is 1. The van der Waals surface area contributed by atoms with Crippen molar-refractivity contribution in [1.29, 1.82) is 0 Å². The van der Waals surface area contributed by atoms with E-state index in [9.17, 15) is 0 Å². The first-order valence-electron chi connectivity index (χ1n) is 6.06. The molecule has 0 bridgehead atoms. The number of aryl methyl sites for hydroxylation is 1. The van der Waals surface area contributed by atoms with E-state index in [1.54, 1.807) is 0 Å². The number of aliphatic hydroxyl groups is 1. The van der Waals surface area contributed by atoms with E-state index in [1.807, 2.05) is 45.9 Å². The zero-order chi connectivity index (χ0) is 12.1. The molecule has 0 radical (unpaired) electrons. The summed E-state index contributed by atoms with van der Waals surface area (Å²) >= 11 is 0. The maximum Gasteiger partial charge on any atom is 0.0684 e. The van der Waals surface area contributed by atoms with Gasteiger partial charge < -0.3 is 5.11 Å². The van der Waals surface area contributed by atoms with Crippen molar-refractivity contribution in [2.24, 2.45) is 0 Å². The first-order chi connectivity index (χ1) is 7.38. The van der Waals surface area contributed by atoms with Crippen molar-refractivity contribution in [1.82, 2.24) is 0 Å². The maximum atomic E-state index is 8.95. The smallest absolute Gasteiger partial charge is 0.0684 e. The second-order valence-electron chi connectivity index (χ2n) is 2.68. The Bertz CT molecular complexity index is 218. The van der Waals surface area contributed by atoms with Crippen LogP contribution in [0.15, 0.2) is 24.3 Å². The molecule has 0 aliphatic rings. The van der Waals surface area contributed by atoms with Crippen LogP contribution in [0.3, 0.4) is 0 Å². The molecule has 88 valence electrons. The number of rotatable bonds is 3. The van der Waals surface area contributed by atoms with Gasteiger partial charge in [-0.1, -0.05) is 65.3 Å². The second kappa shape index (κ2) is 13.2. The molecule has 1 heteroatoms. The Hall–Kier alpha value is -0.820. The lowest BCUT2D eigenvalue weighted by Gasteiger charge is -2.03. The van der Waals surface area contributed by atoms with Crippen molar-refractivity contribution in [2.75, 3.05) is 0 Å². The standard InChI is InChI=1S/C10H14O.2C2H6/c1-2-5-9-6-3-4-7-10(9)8-11;2*1-2/h3-4,6-7,11H,2,5,8H2,1H3;2*1-2H3. The van der Waals surface area contributed by atoms with Crippen LogP contribution >= 0.6 is 0 Å². The minimum atomic E-state index is 0.163. The van der Waals surface area contributed by atoms with Crippen LogP contribution in [0.1, 0.15) is 52.2 Å². The molecule has 1 aromatic carbocycles. The Balaban J connectivity index is 0. The first kappa shape index (κ1) is 16.6. The van der Waals surface area contributed by atoms with Crippen molar-refractivity contribution in [3.05, 3.63) is 35.4 Å². The number of hydrogen-bond acceptors (Lipinski definition) is 1. The van der Waals surface area contributed by atoms with Crippen molar-refractivity contribution >= 4 is 0 Å². The summed E-state index contributed by atoms with van der Waals surface area (Å²) in [6.07, 6.45) is 2.20. The Labute approximate surface area is 95.2 Å². The summed E-state index contributed by atoms with van der Waals surface area (Å²) in [4.78, 5) is 0. The summed E-state index contributed by atoms with van der Waals surface area (Å²) in [5.74, 6) is 0. The Morgan fingerprint density at radius 1 is 0.933 bits per heavy atom. The van der Waals surface area contributed by atoms with E-state index in [0.717, 1.165) is 18.4 Å². The van der Waals surface area contributed by atoms with E-state index in [2.05, 4.69) is 13.0 Å². The van der Waals surface area contributed by atoms with Gasteiger partial charge in [-0.2, -0.15) is 0 Å². The molecule has 0 fully saturated rings. The molecular weight excluding hydrogens is 184 g/mol. The highest BCUT2D eigenvalue weighted by molar-refractivity contribution is 5.26. The van der Waals surface area contributed by atoms with Crippen LogP contribution in [0.25, 0.3) is 0 Å². The van der Waals surface area contributed by atoms with Crippen LogP contribution in [-0.2, 0) is 13.0 Å². The SMILES string of the molecule is CC.CC.CCCc1ccccc1CO. The van der Waals surface area contributed by atoms with E-state index >= 15 is 0 Å². The predicted octanol–water partition coefficient (Wildman–Crippen LogP) is 4.18. The predicted molar refractivity (Wildman–Crippen MR) is 69.1 cm³/mol. The summed E-state index contributed by atoms with van der Waals surface area (Å²) < 4.78 is 0. The van der Waals surface area contributed by atoms with E-state index < -0.39 is 0 Å². The third-order valence-corrected chi connectivity index (χ3v) is 1.81.